The average Bonchev–Trinajstić information content (AvgIpc) is 1.62. The Balaban J connectivity index is 0.000000114. The molecule has 0 aliphatic heterocycles. The van der Waals surface area contributed by atoms with Gasteiger partial charge in [-0.25, -0.2) is 19.9 Å². The molecule has 0 atom stereocenters. The molecule has 576 valence electrons. The summed E-state index contributed by atoms with van der Waals surface area (Å²) in [6.07, 6.45) is 7.19. The van der Waals surface area contributed by atoms with Crippen molar-refractivity contribution < 1.29 is 0 Å². The molecule has 12 aromatic carbocycles. The predicted octanol–water partition coefficient (Wildman–Crippen LogP) is 28.1. The number of aromatic nitrogens is 12. The van der Waals surface area contributed by atoms with Crippen molar-refractivity contribution in [1.29, 1.82) is 0 Å². The average molecular weight is 1810 g/mol. The van der Waals surface area contributed by atoms with Crippen molar-refractivity contribution in [2.24, 2.45) is 0 Å². The van der Waals surface area contributed by atoms with E-state index in [-0.39, 0.29) is 0 Å². The quantitative estimate of drug-likeness (QED) is 0.0937. The van der Waals surface area contributed by atoms with Crippen molar-refractivity contribution in [3.8, 4) is 159 Å². The lowest BCUT2D eigenvalue weighted by Crippen LogP contribution is -2.01. The van der Waals surface area contributed by atoms with E-state index in [2.05, 4.69) is 345 Å². The molecule has 12 nitrogen and oxygen atoms in total. The number of benzene rings is 12. The number of halogens is 4. The fourth-order valence-electron chi connectivity index (χ4n) is 14.3. The van der Waals surface area contributed by atoms with Crippen molar-refractivity contribution in [3.63, 3.8) is 0 Å². The van der Waals surface area contributed by atoms with Crippen molar-refractivity contribution in [2.45, 2.75) is 0 Å². The third kappa shape index (κ3) is 17.7. The molecule has 0 radical (unpaired) electrons. The molecule has 8 heterocycles. The minimum Gasteiger partial charge on any atom is -0.292 e. The van der Waals surface area contributed by atoms with Crippen LogP contribution >= 0.6 is 63.7 Å². The Bertz CT molecular complexity index is 6140. The number of imidazole rings is 4. The number of hydrogen-bond acceptors (Lipinski definition) is 8. The Morgan fingerprint density at radius 1 is 0.158 bits per heavy atom. The second-order valence-corrected chi connectivity index (χ2v) is 31.2. The van der Waals surface area contributed by atoms with Crippen molar-refractivity contribution in [1.82, 2.24) is 58.1 Å². The van der Waals surface area contributed by atoms with Crippen LogP contribution in [0.15, 0.2) is 455 Å². The van der Waals surface area contributed by atoms with Gasteiger partial charge in [0.25, 0.3) is 0 Å². The van der Waals surface area contributed by atoms with E-state index in [0.29, 0.717) is 0 Å². The Morgan fingerprint density at radius 2 is 0.367 bits per heavy atom. The maximum Gasteiger partial charge on any atom is 0.145 e. The van der Waals surface area contributed by atoms with E-state index in [1.807, 2.05) is 170 Å². The van der Waals surface area contributed by atoms with Crippen LogP contribution in [0.2, 0.25) is 0 Å². The van der Waals surface area contributed by atoms with Crippen LogP contribution in [0.25, 0.3) is 159 Å². The van der Waals surface area contributed by atoms with Crippen LogP contribution in [0.4, 0.5) is 0 Å². The summed E-state index contributed by atoms with van der Waals surface area (Å²) in [7, 11) is 0. The van der Waals surface area contributed by atoms with E-state index in [1.165, 1.54) is 0 Å². The summed E-state index contributed by atoms with van der Waals surface area (Å²) in [5.74, 6) is 3.54. The molecule has 0 fully saturated rings. The first-order valence-electron chi connectivity index (χ1n) is 38.9. The van der Waals surface area contributed by atoms with Gasteiger partial charge in [-0.3, -0.25) is 38.2 Å². The minimum absolute atomic E-state index is 0.802. The molecule has 0 unspecified atom stereocenters. The molecule has 0 aliphatic carbocycles. The fourth-order valence-corrected chi connectivity index (χ4v) is 15.4. The summed E-state index contributed by atoms with van der Waals surface area (Å²) < 4.78 is 13.0. The molecule has 20 rings (SSSR count). The Kier molecular flexibility index (Phi) is 24.5. The Morgan fingerprint density at radius 3 is 0.642 bits per heavy atom. The molecular weight excluding hydrogens is 1740 g/mol. The third-order valence-corrected chi connectivity index (χ3v) is 21.9. The molecular formula is C104H72Br4N12. The lowest BCUT2D eigenvalue weighted by Gasteiger charge is -2.14. The van der Waals surface area contributed by atoms with Gasteiger partial charge < -0.3 is 0 Å². The predicted molar refractivity (Wildman–Crippen MR) is 501 cm³/mol. The maximum atomic E-state index is 5.18. The first-order chi connectivity index (χ1) is 59.2. The summed E-state index contributed by atoms with van der Waals surface area (Å²) in [6, 6.07) is 140. The van der Waals surface area contributed by atoms with Crippen LogP contribution < -0.4 is 0 Å². The molecule has 8 aromatic heterocycles. The summed E-state index contributed by atoms with van der Waals surface area (Å²) in [6.45, 7) is 0. The van der Waals surface area contributed by atoms with Gasteiger partial charge in [0, 0.05) is 110 Å². The van der Waals surface area contributed by atoms with Crippen molar-refractivity contribution in [3.05, 3.63) is 455 Å². The zero-order valence-corrected chi connectivity index (χ0v) is 70.8. The van der Waals surface area contributed by atoms with Gasteiger partial charge >= 0.3 is 0 Å². The standard InChI is InChI=1S/2C27H19BrN2.2C25H17BrN4/c28-23-18-16-22(17-19-23)27-29-25(20-10-4-1-5-11-20)26(21-12-6-2-7-13-21)30(27)24-14-8-3-9-15-24;28-23-16-18-24(19-17-23)30-26(21-12-6-2-7-13-21)25(20-10-4-1-5-11-20)29-27(30)22-14-8-3-9-15-22;26-19-14-12-18(13-15-19)25-29-23(21-10-4-6-16-27-21)24(22-11-5-7-17-28-22)30(25)20-8-2-1-3-9-20;26-19-12-14-20(15-13-19)30-24(22-11-5-7-17-28-22)23(21-10-4-6-16-27-21)29-25(30)18-8-2-1-3-9-18/h2*1-19H;2*1-17H. The largest absolute Gasteiger partial charge is 0.292 e. The van der Waals surface area contributed by atoms with Crippen LogP contribution in [-0.2, 0) is 0 Å². The van der Waals surface area contributed by atoms with Gasteiger partial charge in [0.05, 0.1) is 45.6 Å². The highest BCUT2D eigenvalue weighted by Crippen LogP contribution is 2.44. The van der Waals surface area contributed by atoms with E-state index in [4.69, 9.17) is 19.9 Å². The van der Waals surface area contributed by atoms with E-state index >= 15 is 0 Å². The van der Waals surface area contributed by atoms with Crippen LogP contribution in [0.1, 0.15) is 0 Å². The molecule has 0 bridgehead atoms. The van der Waals surface area contributed by atoms with Crippen LogP contribution in [0.3, 0.4) is 0 Å². The fraction of sp³-hybridized carbons (Fsp3) is 0. The lowest BCUT2D eigenvalue weighted by molar-refractivity contribution is 1.06. The SMILES string of the molecule is Brc1ccc(-c2nc(-c3ccccc3)c(-c3ccccc3)n2-c2ccccc2)cc1.Brc1ccc(-c2nc(-c3ccccn3)c(-c3ccccn3)n2-c2ccccc2)cc1.Brc1ccc(-n2c(-c3ccccc3)nc(-c3ccccc3)c2-c2ccccc2)cc1.Brc1ccc(-n2c(-c3ccccc3)nc(-c3ccccn3)c2-c2ccccn2)cc1. The van der Waals surface area contributed by atoms with Gasteiger partial charge in [0.2, 0.25) is 0 Å². The summed E-state index contributed by atoms with van der Waals surface area (Å²) in [4.78, 5) is 39.0. The number of hydrogen-bond donors (Lipinski definition) is 0. The molecule has 0 spiro atoms. The molecule has 0 amide bonds. The molecule has 0 aliphatic rings. The molecule has 20 aromatic rings. The van der Waals surface area contributed by atoms with Crippen LogP contribution in [-0.4, -0.2) is 58.1 Å². The second-order valence-electron chi connectivity index (χ2n) is 27.6. The molecule has 0 saturated carbocycles. The first-order valence-corrected chi connectivity index (χ1v) is 42.1. The Hall–Kier alpha value is -14.0. The number of rotatable bonds is 16. The molecule has 120 heavy (non-hydrogen) atoms. The highest BCUT2D eigenvalue weighted by Gasteiger charge is 2.28. The number of para-hydroxylation sites is 2. The molecule has 0 saturated heterocycles. The third-order valence-electron chi connectivity index (χ3n) is 19.8. The van der Waals surface area contributed by atoms with Crippen molar-refractivity contribution in [2.75, 3.05) is 0 Å². The van der Waals surface area contributed by atoms with Gasteiger partial charge in [0.15, 0.2) is 0 Å². The normalized spacial score (nSPS) is 10.8. The summed E-state index contributed by atoms with van der Waals surface area (Å²) in [5, 5.41) is 0. The first kappa shape index (κ1) is 78.5. The van der Waals surface area contributed by atoms with Gasteiger partial charge in [-0.15, -0.1) is 0 Å². The lowest BCUT2D eigenvalue weighted by atomic mass is 10.0. The van der Waals surface area contributed by atoms with Gasteiger partial charge in [-0.2, -0.15) is 0 Å². The maximum absolute atomic E-state index is 5.18. The summed E-state index contributed by atoms with van der Waals surface area (Å²) >= 11 is 14.2. The topological polar surface area (TPSA) is 123 Å². The molecule has 16 heteroatoms. The zero-order valence-electron chi connectivity index (χ0n) is 64.4. The van der Waals surface area contributed by atoms with Crippen molar-refractivity contribution >= 4 is 63.7 Å². The number of pyridine rings is 4. The van der Waals surface area contributed by atoms with Gasteiger partial charge in [-0.05, 0) is 146 Å². The van der Waals surface area contributed by atoms with E-state index in [1.54, 1.807) is 24.8 Å². The van der Waals surface area contributed by atoms with E-state index in [9.17, 15) is 0 Å². The van der Waals surface area contributed by atoms with Crippen LogP contribution in [0.5, 0.6) is 0 Å². The second kappa shape index (κ2) is 37.5. The highest BCUT2D eigenvalue weighted by molar-refractivity contribution is 9.11. The van der Waals surface area contributed by atoms with E-state index < -0.39 is 0 Å². The Labute approximate surface area is 729 Å². The zero-order chi connectivity index (χ0) is 81.4. The highest BCUT2D eigenvalue weighted by atomic mass is 79.9. The van der Waals surface area contributed by atoms with E-state index in [0.717, 1.165) is 177 Å². The summed E-state index contributed by atoms with van der Waals surface area (Å²) in [5.41, 5.74) is 23.7. The minimum atomic E-state index is 0.802. The monoisotopic (exact) mass is 1800 g/mol. The smallest absolute Gasteiger partial charge is 0.145 e. The van der Waals surface area contributed by atoms with Crippen LogP contribution in [0, 0.1) is 0 Å². The van der Waals surface area contributed by atoms with Gasteiger partial charge in [-0.1, -0.05) is 331 Å². The number of nitrogens with zero attached hydrogens (tertiary/aromatic N) is 12. The van der Waals surface area contributed by atoms with Gasteiger partial charge in [0.1, 0.15) is 46.1 Å². The molecule has 0 N–H and O–H groups in total.